The fourth-order valence-electron chi connectivity index (χ4n) is 4.78. The molecule has 1 unspecified atom stereocenters. The maximum Gasteiger partial charge on any atom is 0.421 e. The second-order valence-corrected chi connectivity index (χ2v) is 11.9. The van der Waals surface area contributed by atoms with Crippen molar-refractivity contribution in [1.82, 2.24) is 9.96 Å². The molecule has 2 aliphatic heterocycles. The van der Waals surface area contributed by atoms with Crippen LogP contribution in [0.2, 0.25) is 0 Å². The molecule has 1 aromatic carbocycles. The molecule has 3 rings (SSSR count). The van der Waals surface area contributed by atoms with Gasteiger partial charge in [-0.15, -0.1) is 4.28 Å². The first-order chi connectivity index (χ1) is 16.2. The van der Waals surface area contributed by atoms with Gasteiger partial charge in [0.15, 0.2) is 0 Å². The van der Waals surface area contributed by atoms with Crippen LogP contribution in [0, 0.1) is 10.8 Å². The number of urea groups is 1. The van der Waals surface area contributed by atoms with E-state index in [1.54, 1.807) is 24.3 Å². The summed E-state index contributed by atoms with van der Waals surface area (Å²) in [5.74, 6) is -0.427. The molecule has 2 fully saturated rings. The lowest BCUT2D eigenvalue weighted by atomic mass is 9.76. The van der Waals surface area contributed by atoms with Gasteiger partial charge in [0, 0.05) is 6.54 Å². The third-order valence-corrected chi connectivity index (χ3v) is 6.84. The van der Waals surface area contributed by atoms with Crippen LogP contribution in [0.3, 0.4) is 0 Å². The summed E-state index contributed by atoms with van der Waals surface area (Å²) in [5.41, 5.74) is 4.90. The SMILES string of the molecule is CC(C)(COC(=O)c1ccccc1)CC(C)(C)COS(=O)(=O)ON1C(=O)N2C[C@H]1CC[C@H]2C(N)O. The lowest BCUT2D eigenvalue weighted by molar-refractivity contribution is -0.0416. The van der Waals surface area contributed by atoms with Crippen molar-refractivity contribution in [2.45, 2.75) is 65.3 Å². The van der Waals surface area contributed by atoms with Gasteiger partial charge in [-0.1, -0.05) is 45.9 Å². The first-order valence-corrected chi connectivity index (χ1v) is 12.9. The number of nitrogens with two attached hydrogens (primary N) is 1. The van der Waals surface area contributed by atoms with Gasteiger partial charge in [0.1, 0.15) is 6.23 Å². The molecule has 196 valence electrons. The molecular weight excluding hydrogens is 478 g/mol. The van der Waals surface area contributed by atoms with Gasteiger partial charge in [0.2, 0.25) is 0 Å². The van der Waals surface area contributed by atoms with Gasteiger partial charge >= 0.3 is 22.4 Å². The largest absolute Gasteiger partial charge is 0.462 e. The molecule has 0 saturated carbocycles. The molecule has 3 atom stereocenters. The van der Waals surface area contributed by atoms with Crippen molar-refractivity contribution in [2.75, 3.05) is 19.8 Å². The average molecular weight is 514 g/mol. The number of aliphatic hydroxyl groups is 1. The number of esters is 1. The van der Waals surface area contributed by atoms with Gasteiger partial charge in [0.25, 0.3) is 0 Å². The molecule has 2 amide bonds. The van der Waals surface area contributed by atoms with Gasteiger partial charge in [-0.3, -0.25) is 0 Å². The summed E-state index contributed by atoms with van der Waals surface area (Å²) in [7, 11) is -4.53. The number of hydrogen-bond donors (Lipinski definition) is 2. The van der Waals surface area contributed by atoms with E-state index in [2.05, 4.69) is 0 Å². The van der Waals surface area contributed by atoms with E-state index in [4.69, 9.17) is 18.9 Å². The molecular formula is C23H35N3O8S. The molecule has 0 aromatic heterocycles. The highest BCUT2D eigenvalue weighted by atomic mass is 32.3. The highest BCUT2D eigenvalue weighted by Crippen LogP contribution is 2.36. The van der Waals surface area contributed by atoms with E-state index < -0.39 is 51.5 Å². The fourth-order valence-corrected chi connectivity index (χ4v) is 5.67. The molecule has 2 heterocycles. The standard InChI is InChI=1S/C23H35N3O8S/c1-22(2,14-32-20(28)16-8-6-5-7-9-16)13-23(3,4)15-33-35(30,31)34-26-17-10-11-18(19(24)27)25(12-17)21(26)29/h5-9,17-19,27H,10-15,24H2,1-4H3/t17-,18+,19?/m1/s1. The van der Waals surface area contributed by atoms with E-state index in [1.807, 2.05) is 33.8 Å². The lowest BCUT2D eigenvalue weighted by Gasteiger charge is -2.34. The highest BCUT2D eigenvalue weighted by molar-refractivity contribution is 7.81. The van der Waals surface area contributed by atoms with Crippen molar-refractivity contribution in [3.63, 3.8) is 0 Å². The van der Waals surface area contributed by atoms with Crippen LogP contribution in [0.4, 0.5) is 4.79 Å². The number of fused-ring (bicyclic) bond motifs is 2. The smallest absolute Gasteiger partial charge is 0.421 e. The van der Waals surface area contributed by atoms with E-state index in [1.165, 1.54) is 4.90 Å². The van der Waals surface area contributed by atoms with E-state index in [9.17, 15) is 23.1 Å². The van der Waals surface area contributed by atoms with Gasteiger partial charge in [0.05, 0.1) is 30.9 Å². The van der Waals surface area contributed by atoms with Crippen LogP contribution in [0.25, 0.3) is 0 Å². The second kappa shape index (κ2) is 10.4. The summed E-state index contributed by atoms with van der Waals surface area (Å²) in [6.07, 6.45) is 0.139. The number of piperidine rings is 1. The highest BCUT2D eigenvalue weighted by Gasteiger charge is 2.49. The molecule has 2 saturated heterocycles. The van der Waals surface area contributed by atoms with E-state index in [0.29, 0.717) is 24.8 Å². The molecule has 0 radical (unpaired) electrons. The normalized spacial score (nSPS) is 21.8. The number of nitrogens with zero attached hydrogens (tertiary/aromatic N) is 2. The summed E-state index contributed by atoms with van der Waals surface area (Å²) < 4.78 is 40.6. The van der Waals surface area contributed by atoms with Gasteiger partial charge in [-0.05, 0) is 42.2 Å². The number of rotatable bonds is 11. The maximum absolute atomic E-state index is 12.6. The molecule has 35 heavy (non-hydrogen) atoms. The number of carbonyl (C=O) groups excluding carboxylic acids is 2. The van der Waals surface area contributed by atoms with Crippen LogP contribution >= 0.6 is 0 Å². The molecule has 0 spiro atoms. The minimum Gasteiger partial charge on any atom is -0.462 e. The molecule has 2 bridgehead atoms. The molecule has 11 nitrogen and oxygen atoms in total. The van der Waals surface area contributed by atoms with Crippen LogP contribution in [0.5, 0.6) is 0 Å². The predicted octanol–water partition coefficient (Wildman–Crippen LogP) is 2.02. The minimum absolute atomic E-state index is 0.140. The van der Waals surface area contributed by atoms with Crippen LogP contribution in [0.15, 0.2) is 30.3 Å². The summed E-state index contributed by atoms with van der Waals surface area (Å²) in [4.78, 5) is 26.2. The third-order valence-electron chi connectivity index (χ3n) is 6.09. The van der Waals surface area contributed by atoms with Crippen molar-refractivity contribution in [3.05, 3.63) is 35.9 Å². The molecule has 12 heteroatoms. The van der Waals surface area contributed by atoms with E-state index in [-0.39, 0.29) is 19.8 Å². The Labute approximate surface area is 206 Å². The minimum atomic E-state index is -4.53. The van der Waals surface area contributed by atoms with E-state index in [0.717, 1.165) is 5.06 Å². The number of hydrogen-bond acceptors (Lipinski definition) is 9. The van der Waals surface area contributed by atoms with Crippen LogP contribution < -0.4 is 5.73 Å². The van der Waals surface area contributed by atoms with E-state index >= 15 is 0 Å². The maximum atomic E-state index is 12.6. The summed E-state index contributed by atoms with van der Waals surface area (Å²) in [6.45, 7) is 7.64. The number of amides is 2. The second-order valence-electron chi connectivity index (χ2n) is 10.7. The number of ether oxygens (including phenoxy) is 1. The van der Waals surface area contributed by atoms with Gasteiger partial charge in [-0.25, -0.2) is 13.8 Å². The molecule has 1 aromatic rings. The Morgan fingerprint density at radius 1 is 1.14 bits per heavy atom. The Bertz CT molecular complexity index is 1010. The van der Waals surface area contributed by atoms with Crippen LogP contribution in [-0.4, -0.2) is 73.6 Å². The fraction of sp³-hybridized carbons (Fsp3) is 0.652. The molecule has 0 aliphatic carbocycles. The van der Waals surface area contributed by atoms with Crippen LogP contribution in [-0.2, 0) is 23.6 Å². The summed E-state index contributed by atoms with van der Waals surface area (Å²) in [5, 5.41) is 10.5. The van der Waals surface area contributed by atoms with Crippen molar-refractivity contribution in [1.29, 1.82) is 0 Å². The number of carbonyl (C=O) groups is 2. The average Bonchev–Trinajstić information content (AvgIpc) is 3.00. The molecule has 3 N–H and O–H groups in total. The zero-order valence-corrected chi connectivity index (χ0v) is 21.4. The zero-order valence-electron chi connectivity index (χ0n) is 20.5. The number of aliphatic hydroxyl groups excluding tert-OH is 1. The Kier molecular flexibility index (Phi) is 8.12. The lowest BCUT2D eigenvalue weighted by Crippen LogP contribution is -2.50. The first kappa shape index (κ1) is 27.3. The van der Waals surface area contributed by atoms with Crippen molar-refractivity contribution >= 4 is 22.4 Å². The zero-order chi connectivity index (χ0) is 26.0. The van der Waals surface area contributed by atoms with Crippen molar-refractivity contribution in [3.8, 4) is 0 Å². The first-order valence-electron chi connectivity index (χ1n) is 11.5. The Balaban J connectivity index is 1.52. The Morgan fingerprint density at radius 3 is 2.40 bits per heavy atom. The number of hydroxylamine groups is 2. The molecule has 2 aliphatic rings. The topological polar surface area (TPSA) is 149 Å². The van der Waals surface area contributed by atoms with Crippen LogP contribution in [0.1, 0.15) is 57.3 Å². The summed E-state index contributed by atoms with van der Waals surface area (Å²) in [6, 6.07) is 6.93. The van der Waals surface area contributed by atoms with Gasteiger partial charge < -0.3 is 20.5 Å². The monoisotopic (exact) mass is 513 g/mol. The quantitative estimate of drug-likeness (QED) is 0.335. The Morgan fingerprint density at radius 2 is 1.77 bits per heavy atom. The summed E-state index contributed by atoms with van der Waals surface area (Å²) >= 11 is 0. The predicted molar refractivity (Wildman–Crippen MR) is 126 cm³/mol. The number of benzene rings is 1. The van der Waals surface area contributed by atoms with Crippen molar-refractivity contribution in [2.24, 2.45) is 16.6 Å². The Hall–Kier alpha value is -2.25. The van der Waals surface area contributed by atoms with Crippen molar-refractivity contribution < 1.29 is 36.3 Å². The third kappa shape index (κ3) is 7.14. The van der Waals surface area contributed by atoms with Gasteiger partial charge in [-0.2, -0.15) is 13.5 Å².